The third-order valence-corrected chi connectivity index (χ3v) is 11.6. The first-order valence-corrected chi connectivity index (χ1v) is 21.9. The minimum absolute atomic E-state index is 0. The van der Waals surface area contributed by atoms with Crippen molar-refractivity contribution in [3.63, 3.8) is 0 Å². The van der Waals surface area contributed by atoms with Gasteiger partial charge < -0.3 is 45.3 Å². The molecule has 2 aliphatic heterocycles. The molecule has 5 heterocycles. The normalized spacial score (nSPS) is 10.9. The van der Waals surface area contributed by atoms with Crippen molar-refractivity contribution in [2.24, 2.45) is 0 Å². The van der Waals surface area contributed by atoms with E-state index in [0.717, 1.165) is 43.8 Å². The van der Waals surface area contributed by atoms with E-state index in [1.807, 2.05) is 194 Å². The van der Waals surface area contributed by atoms with Crippen LogP contribution < -0.4 is 18.9 Å². The first-order valence-electron chi connectivity index (χ1n) is 21.9. The molecule has 72 heavy (non-hydrogen) atoms. The predicted octanol–water partition coefficient (Wildman–Crippen LogP) is 13.1. The Morgan fingerprint density at radius 1 is 0.250 bits per heavy atom. The second-order valence-electron chi connectivity index (χ2n) is 16.1. The summed E-state index contributed by atoms with van der Waals surface area (Å²) < 4.78 is 25.3. The zero-order chi connectivity index (χ0) is 45.0. The van der Waals surface area contributed by atoms with E-state index in [2.05, 4.69) is 9.97 Å². The Bertz CT molecular complexity index is 3680. The van der Waals surface area contributed by atoms with Crippen LogP contribution in [-0.2, 0) is 0 Å². The number of fused-ring (bicyclic) bond motifs is 20. The van der Waals surface area contributed by atoms with Crippen molar-refractivity contribution in [1.29, 1.82) is 0 Å². The molecule has 8 aromatic carbocycles. The second-order valence-corrected chi connectivity index (χ2v) is 16.1. The fourth-order valence-corrected chi connectivity index (χ4v) is 8.46. The Kier molecular flexibility index (Phi) is 13.3. The number of hydrogen-bond donors (Lipinski definition) is 2. The monoisotopic (exact) mass is 960 g/mol. The van der Waals surface area contributed by atoms with Gasteiger partial charge >= 0.3 is 17.4 Å². The third kappa shape index (κ3) is 9.05. The molecule has 346 valence electrons. The van der Waals surface area contributed by atoms with E-state index < -0.39 is 0 Å². The van der Waals surface area contributed by atoms with Crippen molar-refractivity contribution in [2.75, 3.05) is 0 Å². The average molecular weight is 961 g/mol. The van der Waals surface area contributed by atoms with Gasteiger partial charge in [0.05, 0.1) is 0 Å². The third-order valence-electron chi connectivity index (χ3n) is 11.6. The van der Waals surface area contributed by atoms with E-state index >= 15 is 0 Å². The topological polar surface area (TPSA) is 236 Å². The molecule has 0 saturated heterocycles. The summed E-state index contributed by atoms with van der Waals surface area (Å²) in [5.41, 5.74) is 5.12. The van der Waals surface area contributed by atoms with Crippen LogP contribution in [0.2, 0.25) is 0 Å². The standard InChI is InChI=1S/C56H34N8O4.Al.3H2O/c1-5-13-33(14-6-1)65-37-21-25-41-45(29-37)53-57-49(41)62-54-47-31-39(67-35-17-9-3-10-18-35)23-27-43(47)51(59-54)64-56-48-32-40(68-36-19-11-4-12-20-36)24-28-44(48)52(60-56)63-55-46-30-38(66-34-15-7-2-8-16-34)22-26-42(46)50(58-55)61-53;;;;/h1-32H,(H2,57,58,59,60,61,62,63,64);;3*1H2/q;+3;;;/p-3. The Hall–Kier alpha value is -9.27. The maximum atomic E-state index is 6.34. The number of rotatable bonds is 8. The number of nitrogens with one attached hydrogen (secondary N) is 2. The van der Waals surface area contributed by atoms with Crippen LogP contribution in [0.3, 0.4) is 0 Å². The summed E-state index contributed by atoms with van der Waals surface area (Å²) in [6.07, 6.45) is 0. The fourth-order valence-electron chi connectivity index (χ4n) is 8.46. The molecule has 0 aliphatic carbocycles. The van der Waals surface area contributed by atoms with Crippen LogP contribution in [0.5, 0.6) is 46.0 Å². The maximum Gasteiger partial charge on any atom is 3.00 e. The molecular formula is C56H37AlN8O7. The van der Waals surface area contributed by atoms with E-state index in [9.17, 15) is 0 Å². The molecule has 8 bridgehead atoms. The van der Waals surface area contributed by atoms with Gasteiger partial charge in [-0.05, 0) is 121 Å². The first-order chi connectivity index (χ1) is 33.6. The molecule has 16 heteroatoms. The van der Waals surface area contributed by atoms with Gasteiger partial charge in [-0.2, -0.15) is 0 Å². The number of para-hydroxylation sites is 4. The van der Waals surface area contributed by atoms with Gasteiger partial charge in [0.1, 0.15) is 68.6 Å². The number of ether oxygens (including phenoxy) is 4. The van der Waals surface area contributed by atoms with Gasteiger partial charge in [-0.15, -0.1) is 0 Å². The quantitative estimate of drug-likeness (QED) is 0.135. The van der Waals surface area contributed by atoms with Gasteiger partial charge in [0.25, 0.3) is 0 Å². The molecule has 0 amide bonds. The number of H-pyrrole nitrogens is 2. The van der Waals surface area contributed by atoms with Crippen LogP contribution in [0.25, 0.3) is 89.7 Å². The summed E-state index contributed by atoms with van der Waals surface area (Å²) in [5, 5.41) is 3.12. The van der Waals surface area contributed by atoms with E-state index in [4.69, 9.17) is 48.9 Å². The van der Waals surface area contributed by atoms with Crippen molar-refractivity contribution in [2.45, 2.75) is 0 Å². The molecule has 0 unspecified atom stereocenters. The second kappa shape index (κ2) is 20.0. The molecule has 0 atom stereocenters. The number of aromatic amines is 2. The van der Waals surface area contributed by atoms with Crippen molar-refractivity contribution >= 4 is 61.5 Å². The van der Waals surface area contributed by atoms with Crippen LogP contribution in [0.15, 0.2) is 194 Å². The van der Waals surface area contributed by atoms with Crippen LogP contribution in [0, 0.1) is 0 Å². The molecule has 15 nitrogen and oxygen atoms in total. The molecule has 0 fully saturated rings. The van der Waals surface area contributed by atoms with Gasteiger partial charge in [-0.1, -0.05) is 72.8 Å². The predicted molar refractivity (Wildman–Crippen MR) is 274 cm³/mol. The minimum Gasteiger partial charge on any atom is -0.870 e. The summed E-state index contributed by atoms with van der Waals surface area (Å²) in [4.78, 5) is 38.4. The van der Waals surface area contributed by atoms with E-state index in [1.54, 1.807) is 0 Å². The molecular weight excluding hydrogens is 924 g/mol. The van der Waals surface area contributed by atoms with Crippen molar-refractivity contribution in [3.05, 3.63) is 194 Å². The van der Waals surface area contributed by atoms with Crippen molar-refractivity contribution < 1.29 is 35.4 Å². The van der Waals surface area contributed by atoms with Crippen LogP contribution in [0.4, 0.5) is 0 Å². The molecule has 0 spiro atoms. The molecule has 2 aliphatic rings. The minimum atomic E-state index is 0. The molecule has 3 aromatic heterocycles. The number of hydrogen-bond acceptors (Lipinski definition) is 13. The van der Waals surface area contributed by atoms with Gasteiger partial charge in [-0.25, -0.2) is 29.9 Å². The molecule has 13 rings (SSSR count). The van der Waals surface area contributed by atoms with Gasteiger partial charge in [-0.3, -0.25) is 0 Å². The van der Waals surface area contributed by atoms with Gasteiger partial charge in [0, 0.05) is 43.8 Å². The molecule has 0 saturated carbocycles. The SMILES string of the molecule is [Al+3].[OH-].[OH-].[OH-].c1ccc(Oc2ccc3c(c2)-c2nc-3nc3[nH]c(nc4nc(nc5[nH]c(n2)c2ccc(Oc6ccccc6)cc52)-c2ccc(Oc5ccccc5)cc2-4)c2ccc(Oc4ccccc4)cc32)cc1. The average Bonchev–Trinajstić information content (AvgIpc) is 4.10. The Balaban J connectivity index is 0.00000160. The van der Waals surface area contributed by atoms with Gasteiger partial charge in [0.15, 0.2) is 23.3 Å². The Labute approximate surface area is 420 Å². The Morgan fingerprint density at radius 2 is 0.528 bits per heavy atom. The molecule has 0 radical (unpaired) electrons. The zero-order valence-corrected chi connectivity index (χ0v) is 38.9. The number of nitrogens with zero attached hydrogens (tertiary/aromatic N) is 6. The molecule has 5 N–H and O–H groups in total. The largest absolute Gasteiger partial charge is 3.00 e. The van der Waals surface area contributed by atoms with Crippen molar-refractivity contribution in [3.8, 4) is 91.5 Å². The maximum absolute atomic E-state index is 6.34. The summed E-state index contributed by atoms with van der Waals surface area (Å²) >= 11 is 0. The van der Waals surface area contributed by atoms with Crippen LogP contribution in [-0.4, -0.2) is 73.7 Å². The van der Waals surface area contributed by atoms with Gasteiger partial charge in [0.2, 0.25) is 0 Å². The van der Waals surface area contributed by atoms with Crippen LogP contribution in [0.1, 0.15) is 0 Å². The summed E-state index contributed by atoms with van der Waals surface area (Å²) in [6, 6.07) is 62.0. The smallest absolute Gasteiger partial charge is 0.870 e. The Morgan fingerprint density at radius 3 is 0.861 bits per heavy atom. The number of benzene rings is 8. The number of aromatic nitrogens is 8. The van der Waals surface area contributed by atoms with E-state index in [1.165, 1.54) is 0 Å². The van der Waals surface area contributed by atoms with Crippen LogP contribution >= 0.6 is 0 Å². The van der Waals surface area contributed by atoms with Crippen molar-refractivity contribution in [1.82, 2.24) is 39.9 Å². The summed E-state index contributed by atoms with van der Waals surface area (Å²) in [6.45, 7) is 0. The molecule has 11 aromatic rings. The van der Waals surface area contributed by atoms with E-state index in [-0.39, 0.29) is 33.8 Å². The summed E-state index contributed by atoms with van der Waals surface area (Å²) in [5.74, 6) is 7.07. The first kappa shape index (κ1) is 47.8. The summed E-state index contributed by atoms with van der Waals surface area (Å²) in [7, 11) is 0. The van der Waals surface area contributed by atoms with E-state index in [0.29, 0.717) is 91.9 Å². The zero-order valence-electron chi connectivity index (χ0n) is 37.7. The fraction of sp³-hybridized carbons (Fsp3) is 0.